The van der Waals surface area contributed by atoms with Crippen molar-refractivity contribution in [3.63, 3.8) is 0 Å². The first-order valence-corrected chi connectivity index (χ1v) is 11.6. The highest BCUT2D eigenvalue weighted by molar-refractivity contribution is 5.73. The van der Waals surface area contributed by atoms with E-state index in [1.165, 1.54) is 31.4 Å². The van der Waals surface area contributed by atoms with Crippen LogP contribution >= 0.6 is 0 Å². The molecule has 2 fully saturated rings. The van der Waals surface area contributed by atoms with E-state index in [-0.39, 0.29) is 5.91 Å². The standard InChI is InChI=1S/C25H41N3O/c1-19(9-14-24(26)29)27-15-17-28(18-16-27)23-8-6-5-7-22(23)20-10-12-21(13-11-20)25(2,3)4/h5-8,19-21H,9-18H2,1-4H3,(H2,26,29). The minimum atomic E-state index is -0.189. The molecule has 162 valence electrons. The molecular formula is C25H41N3O. The van der Waals surface area contributed by atoms with Gasteiger partial charge in [0.2, 0.25) is 5.91 Å². The maximum absolute atomic E-state index is 11.1. The molecule has 1 aliphatic carbocycles. The molecular weight excluding hydrogens is 358 g/mol. The highest BCUT2D eigenvalue weighted by Crippen LogP contribution is 2.45. The Morgan fingerprint density at radius 2 is 1.69 bits per heavy atom. The lowest BCUT2D eigenvalue weighted by molar-refractivity contribution is -0.118. The number of carbonyl (C=O) groups excluding carboxylic acids is 1. The predicted molar refractivity (Wildman–Crippen MR) is 122 cm³/mol. The fourth-order valence-corrected chi connectivity index (χ4v) is 5.33. The SMILES string of the molecule is CC(CCC(N)=O)N1CCN(c2ccccc2C2CCC(C(C)(C)C)CC2)CC1. The van der Waals surface area contributed by atoms with Crippen molar-refractivity contribution in [2.24, 2.45) is 17.1 Å². The van der Waals surface area contributed by atoms with Crippen LogP contribution in [0.3, 0.4) is 0 Å². The van der Waals surface area contributed by atoms with Gasteiger partial charge in [0.15, 0.2) is 0 Å². The summed E-state index contributed by atoms with van der Waals surface area (Å²) in [7, 11) is 0. The van der Waals surface area contributed by atoms with Crippen molar-refractivity contribution in [1.29, 1.82) is 0 Å². The summed E-state index contributed by atoms with van der Waals surface area (Å²) < 4.78 is 0. The van der Waals surface area contributed by atoms with Gasteiger partial charge >= 0.3 is 0 Å². The fourth-order valence-electron chi connectivity index (χ4n) is 5.33. The molecule has 1 aromatic rings. The molecule has 1 amide bonds. The normalized spacial score (nSPS) is 25.0. The van der Waals surface area contributed by atoms with E-state index >= 15 is 0 Å². The number of piperazine rings is 1. The van der Waals surface area contributed by atoms with Crippen molar-refractivity contribution in [1.82, 2.24) is 4.90 Å². The van der Waals surface area contributed by atoms with Crippen molar-refractivity contribution in [3.8, 4) is 0 Å². The number of nitrogens with zero attached hydrogens (tertiary/aromatic N) is 2. The van der Waals surface area contributed by atoms with E-state index in [0.717, 1.165) is 38.5 Å². The smallest absolute Gasteiger partial charge is 0.217 e. The van der Waals surface area contributed by atoms with Gasteiger partial charge in [-0.1, -0.05) is 39.0 Å². The molecule has 1 aliphatic heterocycles. The molecule has 0 aromatic heterocycles. The van der Waals surface area contributed by atoms with E-state index in [1.807, 2.05) is 0 Å². The van der Waals surface area contributed by atoms with Crippen molar-refractivity contribution in [2.45, 2.75) is 78.2 Å². The number of anilines is 1. The van der Waals surface area contributed by atoms with Crippen LogP contribution in [0.2, 0.25) is 0 Å². The number of hydrogen-bond acceptors (Lipinski definition) is 3. The molecule has 1 heterocycles. The number of benzene rings is 1. The zero-order valence-corrected chi connectivity index (χ0v) is 19.0. The maximum Gasteiger partial charge on any atom is 0.217 e. The zero-order chi connectivity index (χ0) is 21.0. The first kappa shape index (κ1) is 22.1. The molecule has 29 heavy (non-hydrogen) atoms. The largest absolute Gasteiger partial charge is 0.370 e. The molecule has 4 nitrogen and oxygen atoms in total. The van der Waals surface area contributed by atoms with Crippen molar-refractivity contribution in [3.05, 3.63) is 29.8 Å². The van der Waals surface area contributed by atoms with E-state index in [0.29, 0.717) is 23.8 Å². The van der Waals surface area contributed by atoms with Gasteiger partial charge in [-0.25, -0.2) is 0 Å². The third-order valence-electron chi connectivity index (χ3n) is 7.42. The Labute approximate surface area is 177 Å². The molecule has 2 aliphatic rings. The van der Waals surface area contributed by atoms with Crippen LogP contribution in [0.5, 0.6) is 0 Å². The topological polar surface area (TPSA) is 49.6 Å². The molecule has 1 saturated carbocycles. The molecule has 2 N–H and O–H groups in total. The second-order valence-corrected chi connectivity index (χ2v) is 10.4. The van der Waals surface area contributed by atoms with E-state index in [1.54, 1.807) is 5.56 Å². The lowest BCUT2D eigenvalue weighted by atomic mass is 9.68. The van der Waals surface area contributed by atoms with Gasteiger partial charge in [-0.05, 0) is 67.9 Å². The van der Waals surface area contributed by atoms with Gasteiger partial charge in [0.05, 0.1) is 0 Å². The van der Waals surface area contributed by atoms with Gasteiger partial charge in [0, 0.05) is 44.3 Å². The predicted octanol–water partition coefficient (Wildman–Crippen LogP) is 4.78. The summed E-state index contributed by atoms with van der Waals surface area (Å²) in [5.41, 5.74) is 8.78. The summed E-state index contributed by atoms with van der Waals surface area (Å²) in [6, 6.07) is 9.54. The summed E-state index contributed by atoms with van der Waals surface area (Å²) in [6.45, 7) is 13.7. The number of primary amides is 1. The molecule has 0 spiro atoms. The summed E-state index contributed by atoms with van der Waals surface area (Å²) in [6.07, 6.45) is 6.71. The van der Waals surface area contributed by atoms with Gasteiger partial charge in [-0.3, -0.25) is 9.69 Å². The Bertz CT molecular complexity index is 665. The number of rotatable bonds is 6. The zero-order valence-electron chi connectivity index (χ0n) is 19.0. The summed E-state index contributed by atoms with van der Waals surface area (Å²) in [4.78, 5) is 16.2. The number of para-hydroxylation sites is 1. The highest BCUT2D eigenvalue weighted by Gasteiger charge is 2.32. The highest BCUT2D eigenvalue weighted by atomic mass is 16.1. The van der Waals surface area contributed by atoms with Crippen LogP contribution in [-0.4, -0.2) is 43.0 Å². The molecule has 1 unspecified atom stereocenters. The van der Waals surface area contributed by atoms with Crippen LogP contribution in [0.4, 0.5) is 5.69 Å². The van der Waals surface area contributed by atoms with Crippen LogP contribution in [0.25, 0.3) is 0 Å². The van der Waals surface area contributed by atoms with Gasteiger partial charge in [-0.15, -0.1) is 0 Å². The number of nitrogens with two attached hydrogens (primary N) is 1. The van der Waals surface area contributed by atoms with E-state index in [9.17, 15) is 4.79 Å². The lowest BCUT2D eigenvalue weighted by Gasteiger charge is -2.41. The third-order valence-corrected chi connectivity index (χ3v) is 7.42. The number of amides is 1. The number of carbonyl (C=O) groups is 1. The quantitative estimate of drug-likeness (QED) is 0.749. The molecule has 3 rings (SSSR count). The van der Waals surface area contributed by atoms with Gasteiger partial charge in [0.1, 0.15) is 0 Å². The van der Waals surface area contributed by atoms with Crippen LogP contribution < -0.4 is 10.6 Å². The van der Waals surface area contributed by atoms with Crippen LogP contribution in [0, 0.1) is 11.3 Å². The van der Waals surface area contributed by atoms with Crippen molar-refractivity contribution >= 4 is 11.6 Å². The minimum absolute atomic E-state index is 0.189. The van der Waals surface area contributed by atoms with E-state index < -0.39 is 0 Å². The molecule has 4 heteroatoms. The first-order valence-electron chi connectivity index (χ1n) is 11.6. The summed E-state index contributed by atoms with van der Waals surface area (Å²) >= 11 is 0. The molecule has 0 radical (unpaired) electrons. The summed E-state index contributed by atoms with van der Waals surface area (Å²) in [5.74, 6) is 1.37. The van der Waals surface area contributed by atoms with Crippen LogP contribution in [0.15, 0.2) is 24.3 Å². The van der Waals surface area contributed by atoms with Gasteiger partial charge in [0.25, 0.3) is 0 Å². The Morgan fingerprint density at radius 1 is 1.07 bits per heavy atom. The first-order chi connectivity index (χ1) is 13.8. The van der Waals surface area contributed by atoms with Gasteiger partial charge < -0.3 is 10.6 Å². The maximum atomic E-state index is 11.1. The van der Waals surface area contributed by atoms with Crippen LogP contribution in [-0.2, 0) is 4.79 Å². The molecule has 1 saturated heterocycles. The molecule has 1 aromatic carbocycles. The van der Waals surface area contributed by atoms with E-state index in [2.05, 4.69) is 61.8 Å². The monoisotopic (exact) mass is 399 g/mol. The third kappa shape index (κ3) is 5.75. The average Bonchev–Trinajstić information content (AvgIpc) is 2.71. The van der Waals surface area contributed by atoms with Crippen LogP contribution in [0.1, 0.15) is 77.7 Å². The van der Waals surface area contributed by atoms with E-state index in [4.69, 9.17) is 5.73 Å². The molecule has 0 bridgehead atoms. The second kappa shape index (κ2) is 9.51. The fraction of sp³-hybridized carbons (Fsp3) is 0.720. The number of hydrogen-bond donors (Lipinski definition) is 1. The van der Waals surface area contributed by atoms with Crippen molar-refractivity contribution in [2.75, 3.05) is 31.1 Å². The second-order valence-electron chi connectivity index (χ2n) is 10.4. The van der Waals surface area contributed by atoms with Crippen molar-refractivity contribution < 1.29 is 4.79 Å². The molecule has 1 atom stereocenters. The average molecular weight is 400 g/mol. The Kier molecular flexibility index (Phi) is 7.26. The lowest BCUT2D eigenvalue weighted by Crippen LogP contribution is -2.50. The minimum Gasteiger partial charge on any atom is -0.370 e. The van der Waals surface area contributed by atoms with Gasteiger partial charge in [-0.2, -0.15) is 0 Å². The Morgan fingerprint density at radius 3 is 2.28 bits per heavy atom. The Balaban J connectivity index is 1.60. The Hall–Kier alpha value is -1.55. The summed E-state index contributed by atoms with van der Waals surface area (Å²) in [5, 5.41) is 0.